The lowest BCUT2D eigenvalue weighted by molar-refractivity contribution is 0.211. The number of ether oxygens (including phenoxy) is 1. The van der Waals surface area contributed by atoms with E-state index in [0.29, 0.717) is 5.75 Å². The van der Waals surface area contributed by atoms with E-state index in [1.807, 2.05) is 6.92 Å². The van der Waals surface area contributed by atoms with Crippen LogP contribution >= 0.6 is 0 Å². The third-order valence-corrected chi connectivity index (χ3v) is 3.60. The van der Waals surface area contributed by atoms with Crippen molar-refractivity contribution in [1.82, 2.24) is 0 Å². The van der Waals surface area contributed by atoms with Gasteiger partial charge in [-0.2, -0.15) is 0 Å². The SMILES string of the molecule is CCCC(C)Oc1cccc(S(C)(=O)=O)c1N. The average Bonchev–Trinajstić information content (AvgIpc) is 2.19. The van der Waals surface area contributed by atoms with Crippen LogP contribution in [-0.2, 0) is 9.84 Å². The van der Waals surface area contributed by atoms with Crippen molar-refractivity contribution in [3.63, 3.8) is 0 Å². The molecule has 0 fully saturated rings. The van der Waals surface area contributed by atoms with Crippen LogP contribution < -0.4 is 10.5 Å². The Hall–Kier alpha value is -1.23. The Morgan fingerprint density at radius 2 is 2.06 bits per heavy atom. The van der Waals surface area contributed by atoms with Crippen molar-refractivity contribution in [2.24, 2.45) is 0 Å². The largest absolute Gasteiger partial charge is 0.489 e. The lowest BCUT2D eigenvalue weighted by Gasteiger charge is -2.16. The molecule has 0 saturated carbocycles. The summed E-state index contributed by atoms with van der Waals surface area (Å²) < 4.78 is 28.6. The molecule has 96 valence electrons. The van der Waals surface area contributed by atoms with Gasteiger partial charge in [0.2, 0.25) is 0 Å². The predicted octanol–water partition coefficient (Wildman–Crippen LogP) is 2.24. The lowest BCUT2D eigenvalue weighted by Crippen LogP contribution is -2.13. The molecule has 1 aromatic carbocycles. The maximum atomic E-state index is 11.5. The van der Waals surface area contributed by atoms with E-state index < -0.39 is 9.84 Å². The summed E-state index contributed by atoms with van der Waals surface area (Å²) in [6, 6.07) is 4.82. The molecule has 0 aliphatic carbocycles. The number of nitrogen functional groups attached to an aromatic ring is 1. The molecule has 0 amide bonds. The molecule has 0 radical (unpaired) electrons. The minimum absolute atomic E-state index is 0.0251. The Bertz CT molecular complexity index is 483. The second-order valence-corrected chi connectivity index (χ2v) is 6.14. The minimum atomic E-state index is -3.31. The van der Waals surface area contributed by atoms with Crippen molar-refractivity contribution in [3.8, 4) is 5.75 Å². The zero-order valence-electron chi connectivity index (χ0n) is 10.4. The van der Waals surface area contributed by atoms with Gasteiger partial charge in [-0.3, -0.25) is 0 Å². The van der Waals surface area contributed by atoms with E-state index in [0.717, 1.165) is 19.1 Å². The van der Waals surface area contributed by atoms with E-state index in [-0.39, 0.29) is 16.7 Å². The molecule has 0 bridgehead atoms. The smallest absolute Gasteiger partial charge is 0.177 e. The van der Waals surface area contributed by atoms with Gasteiger partial charge in [0.25, 0.3) is 0 Å². The normalized spacial score (nSPS) is 13.4. The first-order valence-electron chi connectivity index (χ1n) is 5.61. The van der Waals surface area contributed by atoms with Gasteiger partial charge in [-0.05, 0) is 25.5 Å². The Kier molecular flexibility index (Phi) is 4.40. The number of hydrogen-bond acceptors (Lipinski definition) is 4. The van der Waals surface area contributed by atoms with Gasteiger partial charge in [0.1, 0.15) is 5.75 Å². The van der Waals surface area contributed by atoms with E-state index in [1.165, 1.54) is 6.07 Å². The van der Waals surface area contributed by atoms with Gasteiger partial charge in [-0.15, -0.1) is 0 Å². The minimum Gasteiger partial charge on any atom is -0.489 e. The number of sulfone groups is 1. The van der Waals surface area contributed by atoms with Crippen molar-refractivity contribution in [2.45, 2.75) is 37.7 Å². The van der Waals surface area contributed by atoms with E-state index in [1.54, 1.807) is 12.1 Å². The number of hydrogen-bond donors (Lipinski definition) is 1. The monoisotopic (exact) mass is 257 g/mol. The van der Waals surface area contributed by atoms with Crippen LogP contribution in [0.25, 0.3) is 0 Å². The predicted molar refractivity (Wildman–Crippen MR) is 69.0 cm³/mol. The molecule has 1 unspecified atom stereocenters. The van der Waals surface area contributed by atoms with Crippen LogP contribution in [0, 0.1) is 0 Å². The molecule has 0 aliphatic heterocycles. The first-order chi connectivity index (χ1) is 7.86. The molecular formula is C12H19NO3S. The molecule has 5 heteroatoms. The average molecular weight is 257 g/mol. The third kappa shape index (κ3) is 3.63. The van der Waals surface area contributed by atoms with Crippen molar-refractivity contribution >= 4 is 15.5 Å². The van der Waals surface area contributed by atoms with Gasteiger partial charge < -0.3 is 10.5 Å². The van der Waals surface area contributed by atoms with Gasteiger partial charge in [0.15, 0.2) is 9.84 Å². The summed E-state index contributed by atoms with van der Waals surface area (Å²) >= 11 is 0. The third-order valence-electron chi connectivity index (χ3n) is 2.45. The van der Waals surface area contributed by atoms with Crippen LogP contribution in [0.5, 0.6) is 5.75 Å². The molecule has 4 nitrogen and oxygen atoms in total. The van der Waals surface area contributed by atoms with E-state index in [9.17, 15) is 8.42 Å². The lowest BCUT2D eigenvalue weighted by atomic mass is 10.2. The van der Waals surface area contributed by atoms with Crippen LogP contribution in [0.4, 0.5) is 5.69 Å². The van der Waals surface area contributed by atoms with E-state index >= 15 is 0 Å². The number of benzene rings is 1. The highest BCUT2D eigenvalue weighted by molar-refractivity contribution is 7.90. The molecule has 0 aliphatic rings. The number of anilines is 1. The second-order valence-electron chi connectivity index (χ2n) is 4.16. The maximum absolute atomic E-state index is 11.5. The molecule has 0 aromatic heterocycles. The number of para-hydroxylation sites is 1. The summed E-state index contributed by atoms with van der Waals surface area (Å²) in [4.78, 5) is 0.124. The molecule has 1 rings (SSSR count). The zero-order valence-corrected chi connectivity index (χ0v) is 11.3. The van der Waals surface area contributed by atoms with E-state index in [4.69, 9.17) is 10.5 Å². The zero-order chi connectivity index (χ0) is 13.1. The summed E-state index contributed by atoms with van der Waals surface area (Å²) in [6.07, 6.45) is 3.07. The van der Waals surface area contributed by atoms with Crippen LogP contribution in [0.1, 0.15) is 26.7 Å². The Morgan fingerprint density at radius 3 is 2.59 bits per heavy atom. The van der Waals surface area contributed by atoms with Crippen LogP contribution in [-0.4, -0.2) is 20.8 Å². The molecular weight excluding hydrogens is 238 g/mol. The fourth-order valence-corrected chi connectivity index (χ4v) is 2.46. The van der Waals surface area contributed by atoms with Crippen molar-refractivity contribution in [3.05, 3.63) is 18.2 Å². The van der Waals surface area contributed by atoms with Crippen molar-refractivity contribution in [1.29, 1.82) is 0 Å². The first kappa shape index (κ1) is 13.8. The highest BCUT2D eigenvalue weighted by Crippen LogP contribution is 2.29. The Balaban J connectivity index is 3.03. The fourth-order valence-electron chi connectivity index (χ4n) is 1.63. The Labute approximate surface area is 103 Å². The standard InChI is InChI=1S/C12H19NO3S/c1-4-6-9(2)16-10-7-5-8-11(12(10)13)17(3,14)15/h5,7-9H,4,6,13H2,1-3H3. The van der Waals surface area contributed by atoms with Crippen molar-refractivity contribution in [2.75, 3.05) is 12.0 Å². The quantitative estimate of drug-likeness (QED) is 0.821. The van der Waals surface area contributed by atoms with E-state index in [2.05, 4.69) is 6.92 Å². The number of rotatable bonds is 5. The van der Waals surface area contributed by atoms with Crippen molar-refractivity contribution < 1.29 is 13.2 Å². The van der Waals surface area contributed by atoms with Gasteiger partial charge >= 0.3 is 0 Å². The van der Waals surface area contributed by atoms with Gasteiger partial charge in [-0.25, -0.2) is 8.42 Å². The highest BCUT2D eigenvalue weighted by Gasteiger charge is 2.15. The molecule has 1 aromatic rings. The van der Waals surface area contributed by atoms with Crippen LogP contribution in [0.15, 0.2) is 23.1 Å². The highest BCUT2D eigenvalue weighted by atomic mass is 32.2. The van der Waals surface area contributed by atoms with Crippen LogP contribution in [0.3, 0.4) is 0 Å². The van der Waals surface area contributed by atoms with Gasteiger partial charge in [0.05, 0.1) is 16.7 Å². The summed E-state index contributed by atoms with van der Waals surface area (Å²) in [7, 11) is -3.31. The molecule has 2 N–H and O–H groups in total. The molecule has 1 atom stereocenters. The summed E-state index contributed by atoms with van der Waals surface area (Å²) in [5, 5.41) is 0. The Morgan fingerprint density at radius 1 is 1.41 bits per heavy atom. The van der Waals surface area contributed by atoms with Crippen LogP contribution in [0.2, 0.25) is 0 Å². The summed E-state index contributed by atoms with van der Waals surface area (Å²) in [5.41, 5.74) is 6.00. The maximum Gasteiger partial charge on any atom is 0.177 e. The topological polar surface area (TPSA) is 69.4 Å². The molecule has 0 saturated heterocycles. The number of nitrogens with two attached hydrogens (primary N) is 1. The summed E-state index contributed by atoms with van der Waals surface area (Å²) in [6.45, 7) is 4.01. The fraction of sp³-hybridized carbons (Fsp3) is 0.500. The van der Waals surface area contributed by atoms with Gasteiger partial charge in [-0.1, -0.05) is 19.4 Å². The molecule has 17 heavy (non-hydrogen) atoms. The first-order valence-corrected chi connectivity index (χ1v) is 7.50. The second kappa shape index (κ2) is 5.40. The molecule has 0 heterocycles. The van der Waals surface area contributed by atoms with Gasteiger partial charge in [0, 0.05) is 6.26 Å². The molecule has 0 spiro atoms. The summed E-state index contributed by atoms with van der Waals surface area (Å²) in [5.74, 6) is 0.439.